The fourth-order valence-corrected chi connectivity index (χ4v) is 1.47. The summed E-state index contributed by atoms with van der Waals surface area (Å²) in [4.78, 5) is 3.03. The average molecular weight is 182 g/mol. The summed E-state index contributed by atoms with van der Waals surface area (Å²) in [6, 6.07) is 7.85. The van der Waals surface area contributed by atoms with Gasteiger partial charge < -0.3 is 4.98 Å². The van der Waals surface area contributed by atoms with E-state index in [1.54, 1.807) is 3.97 Å². The lowest BCUT2D eigenvalue weighted by atomic mass is 10.3. The minimum absolute atomic E-state index is 0.634. The summed E-state index contributed by atoms with van der Waals surface area (Å²) in [5.74, 6) is 0. The predicted molar refractivity (Wildman–Crippen MR) is 51.5 cm³/mol. The molecule has 1 N–H and O–H groups in total. The molecule has 0 radical (unpaired) electrons. The first-order chi connectivity index (χ1) is 5.29. The van der Waals surface area contributed by atoms with Crippen molar-refractivity contribution < 1.29 is 0 Å². The Bertz CT molecular complexity index is 441. The van der Waals surface area contributed by atoms with Gasteiger partial charge in [-0.1, -0.05) is 24.9 Å². The van der Waals surface area contributed by atoms with Crippen molar-refractivity contribution in [3.05, 3.63) is 29.0 Å². The van der Waals surface area contributed by atoms with Gasteiger partial charge >= 0.3 is 0 Å². The van der Waals surface area contributed by atoms with E-state index in [1.807, 2.05) is 24.3 Å². The van der Waals surface area contributed by atoms with Gasteiger partial charge in [-0.05, 0) is 24.4 Å². The summed E-state index contributed by atoms with van der Waals surface area (Å²) in [5, 5.41) is 0. The number of imidazole rings is 1. The Balaban J connectivity index is 3.04. The number of H-pyrrole nitrogens is 1. The van der Waals surface area contributed by atoms with Crippen LogP contribution >= 0.6 is 25.0 Å². The van der Waals surface area contributed by atoms with Crippen molar-refractivity contribution in [1.82, 2.24) is 8.96 Å². The summed E-state index contributed by atoms with van der Waals surface area (Å²) in [6.45, 7) is 0. The van der Waals surface area contributed by atoms with E-state index in [-0.39, 0.29) is 0 Å². The van der Waals surface area contributed by atoms with E-state index in [4.69, 9.17) is 12.2 Å². The van der Waals surface area contributed by atoms with Crippen LogP contribution < -0.4 is 0 Å². The second-order valence-corrected chi connectivity index (χ2v) is 3.05. The molecule has 0 aliphatic heterocycles. The van der Waals surface area contributed by atoms with E-state index in [2.05, 4.69) is 17.8 Å². The highest BCUT2D eigenvalue weighted by Crippen LogP contribution is 2.13. The van der Waals surface area contributed by atoms with Crippen molar-refractivity contribution in [2.45, 2.75) is 0 Å². The molecule has 0 aliphatic carbocycles. The molecule has 0 unspecified atom stereocenters. The van der Waals surface area contributed by atoms with Crippen LogP contribution in [0, 0.1) is 4.77 Å². The molecule has 0 bridgehead atoms. The Labute approximate surface area is 74.4 Å². The first-order valence-electron chi connectivity index (χ1n) is 3.18. The molecule has 1 aromatic carbocycles. The van der Waals surface area contributed by atoms with Crippen LogP contribution in [-0.4, -0.2) is 8.96 Å². The molecule has 0 aliphatic rings. The first kappa shape index (κ1) is 6.94. The van der Waals surface area contributed by atoms with E-state index in [0.29, 0.717) is 4.77 Å². The van der Waals surface area contributed by atoms with Gasteiger partial charge in [0.15, 0.2) is 4.77 Å². The number of aromatic nitrogens is 2. The van der Waals surface area contributed by atoms with Crippen molar-refractivity contribution in [3.8, 4) is 0 Å². The molecule has 2 aromatic rings. The second kappa shape index (κ2) is 2.39. The SMILES string of the molecule is S=c1[nH]c2ccccc2n1S. The Morgan fingerprint density at radius 2 is 2.09 bits per heavy atom. The Hall–Kier alpha value is -0.740. The van der Waals surface area contributed by atoms with Gasteiger partial charge in [-0.3, -0.25) is 3.97 Å². The van der Waals surface area contributed by atoms with Crippen LogP contribution in [-0.2, 0) is 0 Å². The number of hydrogen-bond acceptors (Lipinski definition) is 2. The Kier molecular flexibility index (Phi) is 1.51. The predicted octanol–water partition coefficient (Wildman–Crippen LogP) is 2.39. The summed E-state index contributed by atoms with van der Waals surface area (Å²) in [7, 11) is 0. The van der Waals surface area contributed by atoms with E-state index in [1.165, 1.54) is 0 Å². The Morgan fingerprint density at radius 3 is 2.82 bits per heavy atom. The monoisotopic (exact) mass is 182 g/mol. The zero-order valence-corrected chi connectivity index (χ0v) is 7.32. The number of nitrogens with zero attached hydrogens (tertiary/aromatic N) is 1. The maximum Gasteiger partial charge on any atom is 0.188 e. The number of fused-ring (bicyclic) bond motifs is 1. The summed E-state index contributed by atoms with van der Waals surface area (Å²) in [6.07, 6.45) is 0. The number of aromatic amines is 1. The van der Waals surface area contributed by atoms with Gasteiger partial charge in [0.25, 0.3) is 0 Å². The smallest absolute Gasteiger partial charge is 0.188 e. The van der Waals surface area contributed by atoms with Gasteiger partial charge in [-0.25, -0.2) is 0 Å². The zero-order valence-electron chi connectivity index (χ0n) is 5.61. The number of nitrogens with one attached hydrogen (secondary N) is 1. The molecular weight excluding hydrogens is 176 g/mol. The number of rotatable bonds is 0. The van der Waals surface area contributed by atoms with Gasteiger partial charge in [-0.15, -0.1) is 0 Å². The van der Waals surface area contributed by atoms with Crippen LogP contribution in [0.4, 0.5) is 0 Å². The van der Waals surface area contributed by atoms with Crippen LogP contribution in [0.25, 0.3) is 11.0 Å². The molecule has 4 heteroatoms. The second-order valence-electron chi connectivity index (χ2n) is 2.26. The lowest BCUT2D eigenvalue weighted by molar-refractivity contribution is 1.24. The largest absolute Gasteiger partial charge is 0.330 e. The summed E-state index contributed by atoms with van der Waals surface area (Å²) < 4.78 is 2.29. The molecule has 1 aromatic heterocycles. The normalized spacial score (nSPS) is 10.6. The van der Waals surface area contributed by atoms with Gasteiger partial charge in [0.1, 0.15) is 0 Å². The van der Waals surface area contributed by atoms with Gasteiger partial charge in [0.05, 0.1) is 11.0 Å². The van der Waals surface area contributed by atoms with Crippen LogP contribution in [0.3, 0.4) is 0 Å². The van der Waals surface area contributed by atoms with Crippen LogP contribution in [0.5, 0.6) is 0 Å². The fraction of sp³-hybridized carbons (Fsp3) is 0. The average Bonchev–Trinajstić information content (AvgIpc) is 2.30. The highest BCUT2D eigenvalue weighted by Gasteiger charge is 1.97. The maximum atomic E-state index is 4.99. The fourth-order valence-electron chi connectivity index (χ4n) is 1.04. The third kappa shape index (κ3) is 0.985. The molecule has 0 amide bonds. The third-order valence-corrected chi connectivity index (χ3v) is 2.40. The first-order valence-corrected chi connectivity index (χ1v) is 3.99. The molecule has 1 heterocycles. The molecule has 11 heavy (non-hydrogen) atoms. The lowest BCUT2D eigenvalue weighted by Crippen LogP contribution is -1.76. The molecule has 2 rings (SSSR count). The number of para-hydroxylation sites is 2. The van der Waals surface area contributed by atoms with Crippen molar-refractivity contribution in [2.24, 2.45) is 0 Å². The highest BCUT2D eigenvalue weighted by molar-refractivity contribution is 7.79. The maximum absolute atomic E-state index is 4.99. The van der Waals surface area contributed by atoms with Crippen LogP contribution in [0.2, 0.25) is 0 Å². The number of thiol groups is 1. The van der Waals surface area contributed by atoms with Crippen molar-refractivity contribution in [2.75, 3.05) is 0 Å². The van der Waals surface area contributed by atoms with Crippen LogP contribution in [0.1, 0.15) is 0 Å². The summed E-state index contributed by atoms with van der Waals surface area (Å²) >= 11 is 9.18. The topological polar surface area (TPSA) is 20.7 Å². The van der Waals surface area contributed by atoms with Crippen molar-refractivity contribution in [1.29, 1.82) is 0 Å². The highest BCUT2D eigenvalue weighted by atomic mass is 32.1. The molecular formula is C7H6N2S2. The van der Waals surface area contributed by atoms with Gasteiger partial charge in [-0.2, -0.15) is 0 Å². The molecule has 0 saturated heterocycles. The lowest BCUT2D eigenvalue weighted by Gasteiger charge is -1.89. The van der Waals surface area contributed by atoms with Gasteiger partial charge in [0.2, 0.25) is 0 Å². The standard InChI is InChI=1S/C7H6N2S2/c10-7-8-5-3-1-2-4-6(5)9(7)11/h1-4,11H,(H,8,10). The molecule has 0 saturated carbocycles. The molecule has 0 spiro atoms. The van der Waals surface area contributed by atoms with Crippen LogP contribution in [0.15, 0.2) is 24.3 Å². The number of benzene rings is 1. The molecule has 2 nitrogen and oxygen atoms in total. The molecule has 0 atom stereocenters. The van der Waals surface area contributed by atoms with E-state index < -0.39 is 0 Å². The summed E-state index contributed by atoms with van der Waals surface area (Å²) in [5.41, 5.74) is 2.04. The zero-order chi connectivity index (χ0) is 7.84. The van der Waals surface area contributed by atoms with E-state index >= 15 is 0 Å². The number of hydrogen-bond donors (Lipinski definition) is 2. The minimum atomic E-state index is 0.634. The minimum Gasteiger partial charge on any atom is -0.330 e. The quantitative estimate of drug-likeness (QED) is 0.473. The van der Waals surface area contributed by atoms with Gasteiger partial charge in [0, 0.05) is 0 Å². The van der Waals surface area contributed by atoms with E-state index in [9.17, 15) is 0 Å². The Morgan fingerprint density at radius 1 is 1.36 bits per heavy atom. The van der Waals surface area contributed by atoms with E-state index in [0.717, 1.165) is 11.0 Å². The molecule has 0 fully saturated rings. The third-order valence-electron chi connectivity index (χ3n) is 1.57. The van der Waals surface area contributed by atoms with Crippen molar-refractivity contribution >= 4 is 36.1 Å². The van der Waals surface area contributed by atoms with Crippen molar-refractivity contribution in [3.63, 3.8) is 0 Å². The molecule has 56 valence electrons.